The van der Waals surface area contributed by atoms with Crippen molar-refractivity contribution >= 4 is 0 Å². The number of methoxy groups -OCH3 is 1. The lowest BCUT2D eigenvalue weighted by Gasteiger charge is -2.25. The maximum absolute atomic E-state index is 5.13. The first-order valence-corrected chi connectivity index (χ1v) is 8.52. The number of rotatable bonds is 8. The number of ether oxygens (including phenoxy) is 1. The van der Waals surface area contributed by atoms with Crippen molar-refractivity contribution in [3.63, 3.8) is 0 Å². The predicted octanol–water partition coefficient (Wildman–Crippen LogP) is 4.32. The Morgan fingerprint density at radius 2 is 1.71 bits per heavy atom. The van der Waals surface area contributed by atoms with Crippen LogP contribution in [-0.4, -0.2) is 26.8 Å². The Labute approximate surface area is 130 Å². The van der Waals surface area contributed by atoms with E-state index in [9.17, 15) is 0 Å². The fourth-order valence-electron chi connectivity index (χ4n) is 3.48. The molecule has 0 saturated heterocycles. The summed E-state index contributed by atoms with van der Waals surface area (Å²) in [6.45, 7) is 7.34. The predicted molar refractivity (Wildman–Crippen MR) is 90.0 cm³/mol. The monoisotopic (exact) mass is 289 g/mol. The van der Waals surface area contributed by atoms with Gasteiger partial charge in [-0.05, 0) is 41.7 Å². The number of hydrogen-bond donors (Lipinski definition) is 1. The van der Waals surface area contributed by atoms with E-state index >= 15 is 0 Å². The molecular weight excluding hydrogens is 258 g/mol. The minimum Gasteiger partial charge on any atom is -0.383 e. The lowest BCUT2D eigenvalue weighted by atomic mass is 9.84. The van der Waals surface area contributed by atoms with Gasteiger partial charge >= 0.3 is 0 Å². The molecule has 2 rings (SSSR count). The highest BCUT2D eigenvalue weighted by molar-refractivity contribution is 5.28. The summed E-state index contributed by atoms with van der Waals surface area (Å²) < 4.78 is 5.13. The summed E-state index contributed by atoms with van der Waals surface area (Å²) in [6.07, 6.45) is 5.59. The second-order valence-corrected chi connectivity index (χ2v) is 6.67. The van der Waals surface area contributed by atoms with Gasteiger partial charge in [-0.25, -0.2) is 0 Å². The van der Waals surface area contributed by atoms with Gasteiger partial charge in [0.1, 0.15) is 0 Å². The molecule has 21 heavy (non-hydrogen) atoms. The van der Waals surface area contributed by atoms with Gasteiger partial charge in [0.2, 0.25) is 0 Å². The topological polar surface area (TPSA) is 21.3 Å². The summed E-state index contributed by atoms with van der Waals surface area (Å²) in [5.41, 5.74) is 2.95. The van der Waals surface area contributed by atoms with Crippen molar-refractivity contribution in [3.8, 4) is 0 Å². The lowest BCUT2D eigenvalue weighted by Crippen LogP contribution is -2.28. The molecule has 2 nitrogen and oxygen atoms in total. The molecule has 0 aromatic heterocycles. The van der Waals surface area contributed by atoms with E-state index in [2.05, 4.69) is 43.4 Å². The van der Waals surface area contributed by atoms with E-state index < -0.39 is 0 Å². The Morgan fingerprint density at radius 1 is 1.10 bits per heavy atom. The van der Waals surface area contributed by atoms with E-state index in [-0.39, 0.29) is 0 Å². The van der Waals surface area contributed by atoms with Crippen molar-refractivity contribution in [1.29, 1.82) is 0 Å². The van der Waals surface area contributed by atoms with Crippen molar-refractivity contribution in [1.82, 2.24) is 5.32 Å². The average molecular weight is 289 g/mol. The van der Waals surface area contributed by atoms with Crippen molar-refractivity contribution in [3.05, 3.63) is 35.4 Å². The third kappa shape index (κ3) is 4.82. The second-order valence-electron chi connectivity index (χ2n) is 6.67. The van der Waals surface area contributed by atoms with E-state index in [0.717, 1.165) is 25.6 Å². The molecule has 2 heteroatoms. The highest BCUT2D eigenvalue weighted by atomic mass is 16.5. The van der Waals surface area contributed by atoms with Gasteiger partial charge in [-0.3, -0.25) is 0 Å². The molecule has 1 aromatic rings. The molecule has 1 aliphatic rings. The summed E-state index contributed by atoms with van der Waals surface area (Å²) in [6, 6.07) is 9.35. The van der Waals surface area contributed by atoms with Crippen LogP contribution in [0.15, 0.2) is 24.3 Å². The van der Waals surface area contributed by atoms with Crippen LogP contribution in [0.25, 0.3) is 0 Å². The highest BCUT2D eigenvalue weighted by Gasteiger charge is 2.26. The maximum Gasteiger partial charge on any atom is 0.0587 e. The van der Waals surface area contributed by atoms with Gasteiger partial charge in [-0.1, -0.05) is 51.0 Å². The molecule has 0 aliphatic heterocycles. The zero-order chi connectivity index (χ0) is 15.1. The van der Waals surface area contributed by atoms with Gasteiger partial charge < -0.3 is 10.1 Å². The van der Waals surface area contributed by atoms with Crippen molar-refractivity contribution in [2.24, 2.45) is 5.92 Å². The van der Waals surface area contributed by atoms with Gasteiger partial charge in [0.25, 0.3) is 0 Å². The molecule has 1 aliphatic carbocycles. The van der Waals surface area contributed by atoms with Gasteiger partial charge in [0.15, 0.2) is 0 Å². The van der Waals surface area contributed by atoms with E-state index in [1.165, 1.54) is 36.8 Å². The Bertz CT molecular complexity index is 393. The first kappa shape index (κ1) is 16.5. The van der Waals surface area contributed by atoms with Crippen LogP contribution in [-0.2, 0) is 4.74 Å². The van der Waals surface area contributed by atoms with E-state index in [0.29, 0.717) is 11.8 Å². The summed E-state index contributed by atoms with van der Waals surface area (Å²) in [7, 11) is 1.76. The van der Waals surface area contributed by atoms with Gasteiger partial charge in [-0.2, -0.15) is 0 Å². The van der Waals surface area contributed by atoms with Crippen molar-refractivity contribution in [2.75, 3.05) is 26.8 Å². The van der Waals surface area contributed by atoms with Crippen LogP contribution in [0.1, 0.15) is 62.5 Å². The summed E-state index contributed by atoms with van der Waals surface area (Å²) in [5.74, 6) is 2.12. The molecule has 0 amide bonds. The molecule has 1 unspecified atom stereocenters. The minimum absolute atomic E-state index is 0.615. The molecule has 0 spiro atoms. The minimum atomic E-state index is 0.615. The van der Waals surface area contributed by atoms with Crippen LogP contribution in [0.3, 0.4) is 0 Å². The van der Waals surface area contributed by atoms with E-state index in [1.54, 1.807) is 7.11 Å². The van der Waals surface area contributed by atoms with Crippen LogP contribution >= 0.6 is 0 Å². The Balaban J connectivity index is 2.02. The van der Waals surface area contributed by atoms with Crippen LogP contribution < -0.4 is 5.32 Å². The fraction of sp³-hybridized carbons (Fsp3) is 0.684. The smallest absolute Gasteiger partial charge is 0.0587 e. The fourth-order valence-corrected chi connectivity index (χ4v) is 3.48. The van der Waals surface area contributed by atoms with Crippen molar-refractivity contribution in [2.45, 2.75) is 51.4 Å². The molecule has 1 atom stereocenters. The molecular formula is C19H31NO. The quantitative estimate of drug-likeness (QED) is 0.720. The average Bonchev–Trinajstić information content (AvgIpc) is 3.01. The summed E-state index contributed by atoms with van der Waals surface area (Å²) in [5, 5.41) is 3.57. The number of benzene rings is 1. The first-order valence-electron chi connectivity index (χ1n) is 8.52. The molecule has 0 heterocycles. The molecule has 1 N–H and O–H groups in total. The van der Waals surface area contributed by atoms with Crippen LogP contribution in [0.5, 0.6) is 0 Å². The Hall–Kier alpha value is -0.860. The SMILES string of the molecule is COCCNCC(c1ccc(C(C)C)cc1)C1CCCC1. The Morgan fingerprint density at radius 3 is 2.29 bits per heavy atom. The van der Waals surface area contributed by atoms with Gasteiger partial charge in [0, 0.05) is 20.2 Å². The first-order chi connectivity index (χ1) is 10.2. The third-order valence-corrected chi connectivity index (χ3v) is 4.85. The summed E-state index contributed by atoms with van der Waals surface area (Å²) >= 11 is 0. The molecule has 118 valence electrons. The molecule has 1 aromatic carbocycles. The van der Waals surface area contributed by atoms with E-state index in [1.807, 2.05) is 0 Å². The zero-order valence-corrected chi connectivity index (χ0v) is 13.9. The maximum atomic E-state index is 5.13. The number of nitrogens with one attached hydrogen (secondary N) is 1. The van der Waals surface area contributed by atoms with Gasteiger partial charge in [0.05, 0.1) is 6.61 Å². The molecule has 1 saturated carbocycles. The summed E-state index contributed by atoms with van der Waals surface area (Å²) in [4.78, 5) is 0. The molecule has 0 bridgehead atoms. The molecule has 0 radical (unpaired) electrons. The van der Waals surface area contributed by atoms with E-state index in [4.69, 9.17) is 4.74 Å². The molecule has 1 fully saturated rings. The second kappa shape index (κ2) is 8.55. The van der Waals surface area contributed by atoms with Crippen LogP contribution in [0.2, 0.25) is 0 Å². The zero-order valence-electron chi connectivity index (χ0n) is 13.9. The largest absolute Gasteiger partial charge is 0.383 e. The van der Waals surface area contributed by atoms with Crippen LogP contribution in [0.4, 0.5) is 0 Å². The lowest BCUT2D eigenvalue weighted by molar-refractivity contribution is 0.198. The third-order valence-electron chi connectivity index (χ3n) is 4.85. The normalized spacial score (nSPS) is 17.5. The highest BCUT2D eigenvalue weighted by Crippen LogP contribution is 2.37. The van der Waals surface area contributed by atoms with Crippen LogP contribution in [0, 0.1) is 5.92 Å². The standard InChI is InChI=1S/C19H31NO/c1-15(2)16-8-10-18(11-9-16)19(14-20-12-13-21-3)17-6-4-5-7-17/h8-11,15,17,19-20H,4-7,12-14H2,1-3H3. The Kier molecular flexibility index (Phi) is 6.72. The van der Waals surface area contributed by atoms with Gasteiger partial charge in [-0.15, -0.1) is 0 Å². The number of hydrogen-bond acceptors (Lipinski definition) is 2. The van der Waals surface area contributed by atoms with Crippen molar-refractivity contribution < 1.29 is 4.74 Å².